The van der Waals surface area contributed by atoms with Crippen molar-refractivity contribution in [2.75, 3.05) is 0 Å². The van der Waals surface area contributed by atoms with Gasteiger partial charge in [0.15, 0.2) is 0 Å². The summed E-state index contributed by atoms with van der Waals surface area (Å²) in [5, 5.41) is 11.3. The van der Waals surface area contributed by atoms with Gasteiger partial charge in [0.1, 0.15) is 5.82 Å². The molecule has 0 radical (unpaired) electrons. The minimum Gasteiger partial charge on any atom is -0.481 e. The number of aliphatic carboxylic acids is 1. The molecule has 1 aromatic carbocycles. The summed E-state index contributed by atoms with van der Waals surface area (Å²) >= 11 is 3.16. The minimum absolute atomic E-state index is 0.192. The first kappa shape index (κ1) is 13.0. The third-order valence-electron chi connectivity index (χ3n) is 2.83. The van der Waals surface area contributed by atoms with E-state index in [-0.39, 0.29) is 18.3 Å². The van der Waals surface area contributed by atoms with Crippen molar-refractivity contribution in [1.29, 1.82) is 0 Å². The zero-order valence-corrected chi connectivity index (χ0v) is 10.9. The molecule has 2 atom stereocenters. The van der Waals surface area contributed by atoms with Gasteiger partial charge in [-0.25, -0.2) is 4.39 Å². The molecule has 0 bridgehead atoms. The van der Waals surface area contributed by atoms with Gasteiger partial charge in [-0.15, -0.1) is 0 Å². The number of hydrogen-bond donors (Lipinski definition) is 2. The highest BCUT2D eigenvalue weighted by atomic mass is 79.9. The van der Waals surface area contributed by atoms with Gasteiger partial charge in [0.25, 0.3) is 0 Å². The molecule has 0 aliphatic heterocycles. The molecule has 1 aromatic rings. The van der Waals surface area contributed by atoms with Gasteiger partial charge in [0.05, 0.1) is 11.8 Å². The molecule has 0 spiro atoms. The number of hydrogen-bond acceptors (Lipinski definition) is 2. The van der Waals surface area contributed by atoms with Crippen LogP contribution in [0.2, 0.25) is 0 Å². The van der Waals surface area contributed by atoms with Crippen molar-refractivity contribution in [1.82, 2.24) is 5.32 Å². The quantitative estimate of drug-likeness (QED) is 0.892. The Labute approximate surface area is 111 Å². The molecule has 0 heterocycles. The largest absolute Gasteiger partial charge is 0.481 e. The lowest BCUT2D eigenvalue weighted by atomic mass is 10.2. The van der Waals surface area contributed by atoms with Crippen molar-refractivity contribution >= 4 is 27.8 Å². The van der Waals surface area contributed by atoms with Gasteiger partial charge in [-0.3, -0.25) is 9.59 Å². The molecule has 6 heteroatoms. The van der Waals surface area contributed by atoms with Crippen LogP contribution in [0.5, 0.6) is 0 Å². The minimum atomic E-state index is -0.941. The zero-order chi connectivity index (χ0) is 13.3. The van der Waals surface area contributed by atoms with E-state index in [4.69, 9.17) is 5.11 Å². The van der Waals surface area contributed by atoms with Crippen molar-refractivity contribution in [3.8, 4) is 0 Å². The van der Waals surface area contributed by atoms with Crippen molar-refractivity contribution < 1.29 is 19.1 Å². The second kappa shape index (κ2) is 5.06. The average Bonchev–Trinajstić information content (AvgIpc) is 3.04. The van der Waals surface area contributed by atoms with Gasteiger partial charge in [-0.2, -0.15) is 0 Å². The maximum Gasteiger partial charge on any atom is 0.307 e. The van der Waals surface area contributed by atoms with Crippen molar-refractivity contribution in [2.45, 2.75) is 13.0 Å². The molecular weight excluding hydrogens is 305 g/mol. The third-order valence-corrected chi connectivity index (χ3v) is 3.29. The Hall–Kier alpha value is -1.43. The van der Waals surface area contributed by atoms with E-state index in [9.17, 15) is 14.0 Å². The Bertz CT molecular complexity index is 486. The molecule has 2 N–H and O–H groups in total. The molecule has 4 nitrogen and oxygen atoms in total. The van der Waals surface area contributed by atoms with E-state index < -0.39 is 17.8 Å². The molecule has 96 valence electrons. The van der Waals surface area contributed by atoms with Crippen LogP contribution in [-0.2, 0) is 16.1 Å². The highest BCUT2D eigenvalue weighted by Gasteiger charge is 2.48. The first-order valence-electron chi connectivity index (χ1n) is 5.43. The van der Waals surface area contributed by atoms with Gasteiger partial charge in [0, 0.05) is 11.0 Å². The summed E-state index contributed by atoms with van der Waals surface area (Å²) < 4.78 is 13.7. The smallest absolute Gasteiger partial charge is 0.307 e. The van der Waals surface area contributed by atoms with Crippen LogP contribution in [0.4, 0.5) is 4.39 Å². The maximum absolute atomic E-state index is 13.1. The molecule has 0 saturated heterocycles. The molecular formula is C12H11BrFNO3. The number of halogens is 2. The van der Waals surface area contributed by atoms with Crippen LogP contribution in [0.25, 0.3) is 0 Å². The predicted octanol–water partition coefficient (Wildman–Crippen LogP) is 1.93. The summed E-state index contributed by atoms with van der Waals surface area (Å²) in [7, 11) is 0. The second-order valence-electron chi connectivity index (χ2n) is 4.28. The zero-order valence-electron chi connectivity index (χ0n) is 9.32. The van der Waals surface area contributed by atoms with Crippen molar-refractivity contribution in [2.24, 2.45) is 11.8 Å². The van der Waals surface area contributed by atoms with Crippen molar-refractivity contribution in [3.63, 3.8) is 0 Å². The molecule has 1 aliphatic carbocycles. The van der Waals surface area contributed by atoms with Crippen LogP contribution in [0.1, 0.15) is 12.0 Å². The van der Waals surface area contributed by atoms with E-state index in [0.717, 1.165) is 0 Å². The SMILES string of the molecule is O=C(NCc1cc(F)cc(Br)c1)[C@H]1C[C@H]1C(=O)O. The van der Waals surface area contributed by atoms with Crippen LogP contribution in [0, 0.1) is 17.7 Å². The highest BCUT2D eigenvalue weighted by Crippen LogP contribution is 2.38. The summed E-state index contributed by atoms with van der Waals surface area (Å²) in [6, 6.07) is 4.35. The Morgan fingerprint density at radius 3 is 2.67 bits per heavy atom. The van der Waals surface area contributed by atoms with E-state index in [1.54, 1.807) is 6.07 Å². The lowest BCUT2D eigenvalue weighted by molar-refractivity contribution is -0.140. The number of rotatable bonds is 4. The topological polar surface area (TPSA) is 66.4 Å². The van der Waals surface area contributed by atoms with Crippen LogP contribution < -0.4 is 5.32 Å². The molecule has 0 aromatic heterocycles. The summed E-state index contributed by atoms with van der Waals surface area (Å²) in [4.78, 5) is 22.2. The number of nitrogens with one attached hydrogen (secondary N) is 1. The van der Waals surface area contributed by atoms with Crippen LogP contribution >= 0.6 is 15.9 Å². The van der Waals surface area contributed by atoms with Gasteiger partial charge in [0.2, 0.25) is 5.91 Å². The van der Waals surface area contributed by atoms with Gasteiger partial charge < -0.3 is 10.4 Å². The first-order valence-corrected chi connectivity index (χ1v) is 6.22. The number of amides is 1. The van der Waals surface area contributed by atoms with Crippen molar-refractivity contribution in [3.05, 3.63) is 34.1 Å². The maximum atomic E-state index is 13.1. The summed E-state index contributed by atoms with van der Waals surface area (Å²) in [5.41, 5.74) is 0.628. The van der Waals surface area contributed by atoms with Gasteiger partial charge in [-0.1, -0.05) is 15.9 Å². The summed E-state index contributed by atoms with van der Waals surface area (Å²) in [5.74, 6) is -2.63. The molecule has 18 heavy (non-hydrogen) atoms. The molecule has 1 amide bonds. The second-order valence-corrected chi connectivity index (χ2v) is 5.20. The number of carbonyl (C=O) groups excluding carboxylic acids is 1. The highest BCUT2D eigenvalue weighted by molar-refractivity contribution is 9.10. The average molecular weight is 316 g/mol. The van der Waals surface area contributed by atoms with E-state index in [1.165, 1.54) is 12.1 Å². The fourth-order valence-corrected chi connectivity index (χ4v) is 2.30. The third kappa shape index (κ3) is 3.07. The van der Waals surface area contributed by atoms with E-state index in [0.29, 0.717) is 16.5 Å². The Balaban J connectivity index is 1.88. The predicted molar refractivity (Wildman–Crippen MR) is 65.2 cm³/mol. The molecule has 0 unspecified atom stereocenters. The lowest BCUT2D eigenvalue weighted by Gasteiger charge is -2.05. The van der Waals surface area contributed by atoms with Gasteiger partial charge in [-0.05, 0) is 30.2 Å². The molecule has 1 saturated carbocycles. The molecule has 1 fully saturated rings. The van der Waals surface area contributed by atoms with Crippen LogP contribution in [0.3, 0.4) is 0 Å². The first-order chi connectivity index (χ1) is 8.47. The fraction of sp³-hybridized carbons (Fsp3) is 0.333. The fourth-order valence-electron chi connectivity index (χ4n) is 1.79. The molecule has 1 aliphatic rings. The normalized spacial score (nSPS) is 21.4. The van der Waals surface area contributed by atoms with E-state index in [2.05, 4.69) is 21.2 Å². The van der Waals surface area contributed by atoms with E-state index >= 15 is 0 Å². The summed E-state index contributed by atoms with van der Waals surface area (Å²) in [6.07, 6.45) is 0.383. The lowest BCUT2D eigenvalue weighted by Crippen LogP contribution is -2.25. The monoisotopic (exact) mass is 315 g/mol. The summed E-state index contributed by atoms with van der Waals surface area (Å²) in [6.45, 7) is 0.192. The Morgan fingerprint density at radius 2 is 2.11 bits per heavy atom. The standard InChI is InChI=1S/C12H11BrFNO3/c13-7-1-6(2-8(14)3-7)5-15-11(16)9-4-10(9)12(17)18/h1-3,9-10H,4-5H2,(H,15,16)(H,17,18)/t9-,10+/m0/s1. The van der Waals surface area contributed by atoms with Crippen LogP contribution in [-0.4, -0.2) is 17.0 Å². The van der Waals surface area contributed by atoms with Gasteiger partial charge >= 0.3 is 5.97 Å². The Morgan fingerprint density at radius 1 is 1.39 bits per heavy atom. The number of carbonyl (C=O) groups is 2. The number of carboxylic acid groups (broad SMARTS) is 1. The number of carboxylic acids is 1. The van der Waals surface area contributed by atoms with Crippen LogP contribution in [0.15, 0.2) is 22.7 Å². The Kier molecular flexibility index (Phi) is 3.65. The number of benzene rings is 1. The molecule has 2 rings (SSSR count). The van der Waals surface area contributed by atoms with E-state index in [1.807, 2.05) is 0 Å².